The molecule has 10 aliphatic rings. The lowest BCUT2D eigenvalue weighted by Gasteiger charge is -2.39. The number of carbonyl (C=O) groups excluding carboxylic acids is 3. The first-order chi connectivity index (χ1) is 48.0. The Kier molecular flexibility index (Phi) is 18.5. The number of piperidine rings is 3. The molecule has 7 N–H and O–H groups in total. The lowest BCUT2D eigenvalue weighted by Crippen LogP contribution is -2.47. The molecule has 3 saturated heterocycles. The summed E-state index contributed by atoms with van der Waals surface area (Å²) in [5, 5.41) is 5.57. The van der Waals surface area contributed by atoms with Crippen LogP contribution in [0.1, 0.15) is 92.7 Å². The van der Waals surface area contributed by atoms with Crippen LogP contribution in [0.4, 0.5) is 0 Å². The van der Waals surface area contributed by atoms with Gasteiger partial charge in [0.2, 0.25) is 0 Å². The molecule has 504 valence electrons. The number of nitrogens with one attached hydrogen (secondary N) is 1. The van der Waals surface area contributed by atoms with Crippen molar-refractivity contribution in [1.29, 1.82) is 0 Å². The van der Waals surface area contributed by atoms with Crippen LogP contribution in [0.25, 0.3) is 10.8 Å². The van der Waals surface area contributed by atoms with Gasteiger partial charge in [-0.1, -0.05) is 152 Å². The van der Waals surface area contributed by atoms with Gasteiger partial charge in [0.15, 0.2) is 0 Å². The highest BCUT2D eigenvalue weighted by atomic mass is 32.2. The monoisotopic (exact) mass is 1350 g/mol. The molecule has 15 nitrogen and oxygen atoms in total. The van der Waals surface area contributed by atoms with E-state index in [0.29, 0.717) is 39.5 Å². The van der Waals surface area contributed by atoms with Crippen LogP contribution in [0.2, 0.25) is 0 Å². The Labute approximate surface area is 582 Å². The number of nitrogens with two attached hydrogens (primary N) is 3. The maximum Gasteiger partial charge on any atom is 0.264 e. The molecule has 98 heavy (non-hydrogen) atoms. The zero-order valence-corrected chi connectivity index (χ0v) is 57.3. The van der Waals surface area contributed by atoms with Crippen molar-refractivity contribution in [2.45, 2.75) is 103 Å². The van der Waals surface area contributed by atoms with E-state index in [-0.39, 0.29) is 57.9 Å². The standard InChI is InChI=1S/C29H31N3O2.C29H28N2O2S2.C23H27N3O3/c30-17-22-10-11-27-25(16-22)29(20-34-27)12-14-31(15-13-29)28(33)24-19-32(18-21-6-2-1-3-7-21)26-9-5-4-8-23(24)26;30-17-21-10-11-25-24(16-21)29(19-33-25)12-14-31(15-13-29)27(32)26-22-8-4-5-9-23(22)28(35-26)34-18-20-6-2-1-3-7-20;1-28-16-3-4-20-17(11-16)18(13-25-20)22(27)26-8-6-23(7-9-26)14-29-21-5-2-15(12-24)10-19(21)23/h1-11,16,19,23,26H,12-15,17-18,20,30H2;1-11,16H,12-15,17-19,30H2;2-5,10-11,13,17,20,25H,6-9,12,14,24H2,1H3. The quantitative estimate of drug-likeness (QED) is 0.0846. The third-order valence-corrected chi connectivity index (χ3v) is 24.7. The largest absolute Gasteiger partial charge is 0.497 e. The summed E-state index contributed by atoms with van der Waals surface area (Å²) in [4.78, 5) is 50.0. The van der Waals surface area contributed by atoms with Crippen molar-refractivity contribution in [3.8, 4) is 17.2 Å². The minimum absolute atomic E-state index is 0.00116. The molecule has 6 aromatic carbocycles. The van der Waals surface area contributed by atoms with E-state index in [9.17, 15) is 14.4 Å². The van der Waals surface area contributed by atoms with Crippen LogP contribution >= 0.6 is 23.1 Å². The number of fused-ring (bicyclic) bond motifs is 9. The number of hydrogen-bond donors (Lipinski definition) is 4. The summed E-state index contributed by atoms with van der Waals surface area (Å²) >= 11 is 3.46. The zero-order chi connectivity index (χ0) is 67.0. The number of nitrogens with zero attached hydrogens (tertiary/aromatic N) is 4. The Morgan fingerprint density at radius 3 is 1.55 bits per heavy atom. The summed E-state index contributed by atoms with van der Waals surface area (Å²) in [6, 6.07) is 48.5. The predicted octanol–water partition coefficient (Wildman–Crippen LogP) is 12.1. The van der Waals surface area contributed by atoms with Gasteiger partial charge in [0.05, 0.1) is 43.2 Å². The molecule has 0 saturated carbocycles. The highest BCUT2D eigenvalue weighted by Crippen LogP contribution is 2.50. The second kappa shape index (κ2) is 27.8. The number of thioether (sulfide) groups is 1. The number of hydrogen-bond acceptors (Lipinski definition) is 14. The average Bonchev–Trinajstić information content (AvgIpc) is 1.58. The first kappa shape index (κ1) is 65.1. The number of ether oxygens (including phenoxy) is 4. The van der Waals surface area contributed by atoms with Crippen LogP contribution in [0.5, 0.6) is 17.2 Å². The SMILES string of the molecule is COC1=CC2C(C(=O)N3CCC4(CC3)COc3ccc(CN)cc34)=CNC2C=C1.NCc1ccc2c(c1)C1(CCN(C(=O)C3=CN(Cc4ccccc4)C4C=CC=CC34)CC1)CO2.NCc1ccc2c(c1)C1(CCN(C(=O)c3sc(SCc4ccccc4)c4ccccc34)CC1)CO2. The second-order valence-corrected chi connectivity index (χ2v) is 30.0. The van der Waals surface area contributed by atoms with Crippen LogP contribution < -0.4 is 36.7 Å². The number of rotatable bonds is 12. The molecular formula is C81H86N8O7S2. The number of amides is 3. The molecule has 3 amide bonds. The van der Waals surface area contributed by atoms with Crippen molar-refractivity contribution in [3.05, 3.63) is 261 Å². The van der Waals surface area contributed by atoms with Crippen LogP contribution in [0, 0.1) is 11.8 Å². The Bertz CT molecular complexity index is 4340. The normalized spacial score (nSPS) is 22.0. The van der Waals surface area contributed by atoms with Gasteiger partial charge < -0.3 is 61.1 Å². The molecule has 3 fully saturated rings. The fraction of sp³-hybridized carbons (Fsp3) is 0.346. The number of carbonyl (C=O) groups is 3. The lowest BCUT2D eigenvalue weighted by atomic mass is 9.74. The van der Waals surface area contributed by atoms with E-state index in [1.807, 2.05) is 82.4 Å². The van der Waals surface area contributed by atoms with E-state index in [4.69, 9.17) is 36.1 Å². The van der Waals surface area contributed by atoms with Crippen LogP contribution in [0.3, 0.4) is 0 Å². The van der Waals surface area contributed by atoms with Gasteiger partial charge in [0, 0.05) is 150 Å². The number of likely N-dealkylation sites (tertiary alicyclic amines) is 3. The molecule has 1 aromatic heterocycles. The number of benzene rings is 6. The first-order valence-electron chi connectivity index (χ1n) is 34.7. The summed E-state index contributed by atoms with van der Waals surface area (Å²) in [6.07, 6.45) is 24.1. The van der Waals surface area contributed by atoms with Crippen molar-refractivity contribution in [1.82, 2.24) is 24.9 Å². The topological polar surface area (TPSA) is 191 Å². The second-order valence-electron chi connectivity index (χ2n) is 27.7. The molecule has 7 aromatic rings. The van der Waals surface area contributed by atoms with Crippen molar-refractivity contribution >= 4 is 51.6 Å². The fourth-order valence-electron chi connectivity index (χ4n) is 16.2. The Hall–Kier alpha value is -8.84. The fourth-order valence-corrected chi connectivity index (χ4v) is 18.7. The lowest BCUT2D eigenvalue weighted by molar-refractivity contribution is -0.130. The Morgan fingerprint density at radius 2 is 1.03 bits per heavy atom. The number of allylic oxidation sites excluding steroid dienone is 3. The van der Waals surface area contributed by atoms with Gasteiger partial charge in [-0.2, -0.15) is 0 Å². The summed E-state index contributed by atoms with van der Waals surface area (Å²) < 4.78 is 24.7. The van der Waals surface area contributed by atoms with Gasteiger partial charge in [-0.15, -0.1) is 23.1 Å². The van der Waals surface area contributed by atoms with Crippen LogP contribution in [-0.2, 0) is 62.5 Å². The van der Waals surface area contributed by atoms with Crippen molar-refractivity contribution < 1.29 is 33.3 Å². The highest BCUT2D eigenvalue weighted by molar-refractivity contribution is 8.00. The molecule has 4 atom stereocenters. The third kappa shape index (κ3) is 12.5. The predicted molar refractivity (Wildman–Crippen MR) is 387 cm³/mol. The molecule has 8 aliphatic heterocycles. The van der Waals surface area contributed by atoms with Gasteiger partial charge in [-0.3, -0.25) is 14.4 Å². The highest BCUT2D eigenvalue weighted by Gasteiger charge is 2.49. The number of methoxy groups -OCH3 is 1. The summed E-state index contributed by atoms with van der Waals surface area (Å²) in [5.41, 5.74) is 29.1. The number of thiophene rings is 1. The van der Waals surface area contributed by atoms with Crippen LogP contribution in [-0.4, -0.2) is 116 Å². The van der Waals surface area contributed by atoms with Gasteiger partial charge in [-0.05, 0) is 96.7 Å². The third-order valence-electron chi connectivity index (χ3n) is 22.2. The van der Waals surface area contributed by atoms with Gasteiger partial charge in [-0.25, -0.2) is 0 Å². The van der Waals surface area contributed by atoms with E-state index < -0.39 is 0 Å². The molecule has 0 bridgehead atoms. The van der Waals surface area contributed by atoms with E-state index in [1.165, 1.54) is 37.4 Å². The molecule has 3 spiro atoms. The summed E-state index contributed by atoms with van der Waals surface area (Å²) in [6.45, 7) is 8.95. The molecule has 4 unspecified atom stereocenters. The van der Waals surface area contributed by atoms with Crippen LogP contribution in [0.15, 0.2) is 216 Å². The van der Waals surface area contributed by atoms with E-state index in [2.05, 4.69) is 149 Å². The van der Waals surface area contributed by atoms with Crippen molar-refractivity contribution in [3.63, 3.8) is 0 Å². The maximum absolute atomic E-state index is 13.7. The summed E-state index contributed by atoms with van der Waals surface area (Å²) in [5.74, 6) is 5.23. The first-order valence-corrected chi connectivity index (χ1v) is 36.5. The smallest absolute Gasteiger partial charge is 0.264 e. The van der Waals surface area contributed by atoms with E-state index >= 15 is 0 Å². The zero-order valence-electron chi connectivity index (χ0n) is 55.6. The molecular weight excluding hydrogens is 1260 g/mol. The van der Waals surface area contributed by atoms with Crippen molar-refractivity contribution in [2.75, 3.05) is 66.2 Å². The van der Waals surface area contributed by atoms with Crippen molar-refractivity contribution in [2.24, 2.45) is 29.0 Å². The molecule has 9 heterocycles. The van der Waals surface area contributed by atoms with Gasteiger partial charge in [0.25, 0.3) is 17.7 Å². The summed E-state index contributed by atoms with van der Waals surface area (Å²) in [7, 11) is 1.66. The van der Waals surface area contributed by atoms with Gasteiger partial charge >= 0.3 is 0 Å². The molecule has 2 aliphatic carbocycles. The molecule has 0 radical (unpaired) electrons. The van der Waals surface area contributed by atoms with E-state index in [1.54, 1.807) is 18.4 Å². The van der Waals surface area contributed by atoms with Gasteiger partial charge in [0.1, 0.15) is 27.9 Å². The molecule has 17 rings (SSSR count). The minimum atomic E-state index is -0.00843. The molecule has 17 heteroatoms. The Morgan fingerprint density at radius 1 is 0.551 bits per heavy atom. The maximum atomic E-state index is 13.7. The average molecular weight is 1350 g/mol. The minimum Gasteiger partial charge on any atom is -0.497 e. The Balaban J connectivity index is 0.000000121. The van der Waals surface area contributed by atoms with E-state index in [0.717, 1.165) is 151 Å².